The summed E-state index contributed by atoms with van der Waals surface area (Å²) in [6.45, 7) is 6.85. The molecule has 7 heteroatoms. The summed E-state index contributed by atoms with van der Waals surface area (Å²) in [6, 6.07) is 0. The van der Waals surface area contributed by atoms with Crippen molar-refractivity contribution in [2.45, 2.75) is 26.9 Å². The van der Waals surface area contributed by atoms with E-state index >= 15 is 0 Å². The first-order valence-electron chi connectivity index (χ1n) is 6.30. The standard InChI is InChI=1S/C7H14O4.C6H12O3/c1-7(8)11-6-5-10-4-3-9-2;1-5(4-8-3)9-6(2)7/h3-6H2,1-2H3;5H,4H2,1-3H3. The van der Waals surface area contributed by atoms with Crippen LogP contribution in [0.3, 0.4) is 0 Å². The van der Waals surface area contributed by atoms with Gasteiger partial charge >= 0.3 is 11.9 Å². The molecule has 0 aromatic heterocycles. The number of hydrogen-bond donors (Lipinski definition) is 0. The Morgan fingerprint density at radius 3 is 1.95 bits per heavy atom. The van der Waals surface area contributed by atoms with Crippen LogP contribution in [0, 0.1) is 0 Å². The van der Waals surface area contributed by atoms with Gasteiger partial charge in [0.15, 0.2) is 0 Å². The lowest BCUT2D eigenvalue weighted by atomic mass is 10.4. The molecular weight excluding hydrogens is 268 g/mol. The van der Waals surface area contributed by atoms with Crippen molar-refractivity contribution in [1.82, 2.24) is 0 Å². The Hall–Kier alpha value is -1.18. The predicted molar refractivity (Wildman–Crippen MR) is 72.4 cm³/mol. The molecule has 0 aliphatic heterocycles. The Morgan fingerprint density at radius 2 is 1.50 bits per heavy atom. The van der Waals surface area contributed by atoms with Gasteiger partial charge in [-0.1, -0.05) is 0 Å². The molecule has 0 saturated carbocycles. The topological polar surface area (TPSA) is 80.3 Å². The molecular formula is C13H26O7. The molecule has 120 valence electrons. The van der Waals surface area contributed by atoms with Gasteiger partial charge < -0.3 is 23.7 Å². The van der Waals surface area contributed by atoms with Crippen molar-refractivity contribution >= 4 is 11.9 Å². The molecule has 0 aromatic carbocycles. The number of hydrogen-bond acceptors (Lipinski definition) is 7. The second-order valence-electron chi connectivity index (χ2n) is 3.82. The van der Waals surface area contributed by atoms with E-state index in [0.717, 1.165) is 0 Å². The minimum atomic E-state index is -0.277. The number of carbonyl (C=O) groups excluding carboxylic acids is 2. The van der Waals surface area contributed by atoms with Gasteiger partial charge in [0, 0.05) is 28.1 Å². The molecule has 7 nitrogen and oxygen atoms in total. The summed E-state index contributed by atoms with van der Waals surface area (Å²) in [7, 11) is 3.18. The van der Waals surface area contributed by atoms with E-state index in [1.54, 1.807) is 21.1 Å². The van der Waals surface area contributed by atoms with Crippen LogP contribution in [0.4, 0.5) is 0 Å². The van der Waals surface area contributed by atoms with Crippen LogP contribution < -0.4 is 0 Å². The average Bonchev–Trinajstić information content (AvgIpc) is 2.33. The van der Waals surface area contributed by atoms with Gasteiger partial charge in [-0.25, -0.2) is 0 Å². The van der Waals surface area contributed by atoms with Crippen LogP contribution in [0.15, 0.2) is 0 Å². The van der Waals surface area contributed by atoms with E-state index in [0.29, 0.717) is 33.0 Å². The van der Waals surface area contributed by atoms with Crippen LogP contribution in [0.25, 0.3) is 0 Å². The van der Waals surface area contributed by atoms with Crippen LogP contribution in [-0.2, 0) is 33.3 Å². The van der Waals surface area contributed by atoms with Crippen molar-refractivity contribution in [2.24, 2.45) is 0 Å². The van der Waals surface area contributed by atoms with Crippen LogP contribution in [0.1, 0.15) is 20.8 Å². The molecule has 1 unspecified atom stereocenters. The Kier molecular flexibility index (Phi) is 16.8. The molecule has 0 aliphatic carbocycles. The van der Waals surface area contributed by atoms with E-state index < -0.39 is 0 Å². The normalized spacial score (nSPS) is 11.1. The van der Waals surface area contributed by atoms with Gasteiger partial charge in [0.1, 0.15) is 12.7 Å². The van der Waals surface area contributed by atoms with Crippen LogP contribution >= 0.6 is 0 Å². The minimum absolute atomic E-state index is 0.132. The molecule has 0 radical (unpaired) electrons. The Morgan fingerprint density at radius 1 is 0.900 bits per heavy atom. The highest BCUT2D eigenvalue weighted by Crippen LogP contribution is 1.90. The maximum atomic E-state index is 10.3. The zero-order valence-corrected chi connectivity index (χ0v) is 13.0. The summed E-state index contributed by atoms with van der Waals surface area (Å²) in [5.74, 6) is -0.542. The van der Waals surface area contributed by atoms with Gasteiger partial charge in [-0.15, -0.1) is 0 Å². The fraction of sp³-hybridized carbons (Fsp3) is 0.846. The third kappa shape index (κ3) is 22.0. The smallest absolute Gasteiger partial charge is 0.302 e. The van der Waals surface area contributed by atoms with Crippen molar-refractivity contribution in [1.29, 1.82) is 0 Å². The molecule has 0 saturated heterocycles. The van der Waals surface area contributed by atoms with Gasteiger partial charge in [-0.3, -0.25) is 9.59 Å². The van der Waals surface area contributed by atoms with Crippen LogP contribution in [0.5, 0.6) is 0 Å². The summed E-state index contributed by atoms with van der Waals surface area (Å²) in [4.78, 5) is 20.5. The van der Waals surface area contributed by atoms with Gasteiger partial charge in [-0.05, 0) is 6.92 Å². The van der Waals surface area contributed by atoms with Gasteiger partial charge in [0.25, 0.3) is 0 Å². The molecule has 0 N–H and O–H groups in total. The van der Waals surface area contributed by atoms with Crippen molar-refractivity contribution in [3.05, 3.63) is 0 Å². The van der Waals surface area contributed by atoms with E-state index in [2.05, 4.69) is 4.74 Å². The summed E-state index contributed by atoms with van der Waals surface area (Å²) < 4.78 is 23.8. The SMILES string of the molecule is COCC(C)OC(C)=O.COCCOCCOC(C)=O. The van der Waals surface area contributed by atoms with E-state index in [1.807, 2.05) is 0 Å². The molecule has 0 aliphatic rings. The number of ether oxygens (including phenoxy) is 5. The predicted octanol–water partition coefficient (Wildman–Crippen LogP) is 0.797. The molecule has 0 aromatic rings. The van der Waals surface area contributed by atoms with E-state index in [-0.39, 0.29) is 18.0 Å². The maximum Gasteiger partial charge on any atom is 0.302 e. The first-order chi connectivity index (χ1) is 9.43. The quantitative estimate of drug-likeness (QED) is 0.459. The fourth-order valence-corrected chi connectivity index (χ4v) is 1.04. The number of esters is 2. The van der Waals surface area contributed by atoms with Crippen molar-refractivity contribution in [3.63, 3.8) is 0 Å². The minimum Gasteiger partial charge on any atom is -0.463 e. The second kappa shape index (κ2) is 15.9. The summed E-state index contributed by atoms with van der Waals surface area (Å²) in [5.41, 5.74) is 0. The fourth-order valence-electron chi connectivity index (χ4n) is 1.04. The van der Waals surface area contributed by atoms with Crippen LogP contribution in [-0.4, -0.2) is 65.3 Å². The first kappa shape index (κ1) is 21.1. The average molecular weight is 294 g/mol. The zero-order chi connectivity index (χ0) is 15.8. The van der Waals surface area contributed by atoms with E-state index in [9.17, 15) is 9.59 Å². The molecule has 0 heterocycles. The molecule has 0 rings (SSSR count). The largest absolute Gasteiger partial charge is 0.463 e. The van der Waals surface area contributed by atoms with Crippen LogP contribution in [0.2, 0.25) is 0 Å². The number of methoxy groups -OCH3 is 2. The van der Waals surface area contributed by atoms with Gasteiger partial charge in [-0.2, -0.15) is 0 Å². The van der Waals surface area contributed by atoms with Crippen molar-refractivity contribution in [2.75, 3.05) is 47.3 Å². The Bertz CT molecular complexity index is 243. The molecule has 0 fully saturated rings. The maximum absolute atomic E-state index is 10.3. The summed E-state index contributed by atoms with van der Waals surface area (Å²) in [5, 5.41) is 0. The van der Waals surface area contributed by atoms with Crippen molar-refractivity contribution in [3.8, 4) is 0 Å². The lowest BCUT2D eigenvalue weighted by Gasteiger charge is -2.08. The highest BCUT2D eigenvalue weighted by molar-refractivity contribution is 5.66. The molecule has 0 spiro atoms. The van der Waals surface area contributed by atoms with E-state index in [1.165, 1.54) is 13.8 Å². The monoisotopic (exact) mass is 294 g/mol. The van der Waals surface area contributed by atoms with Crippen molar-refractivity contribution < 1.29 is 33.3 Å². The molecule has 0 amide bonds. The first-order valence-corrected chi connectivity index (χ1v) is 6.30. The molecule has 20 heavy (non-hydrogen) atoms. The second-order valence-corrected chi connectivity index (χ2v) is 3.82. The lowest BCUT2D eigenvalue weighted by Crippen LogP contribution is -2.17. The Balaban J connectivity index is 0. The molecule has 1 atom stereocenters. The Labute approximate surface area is 120 Å². The number of carbonyl (C=O) groups is 2. The zero-order valence-electron chi connectivity index (χ0n) is 13.0. The third-order valence-electron chi connectivity index (χ3n) is 1.73. The van der Waals surface area contributed by atoms with Gasteiger partial charge in [0.2, 0.25) is 0 Å². The highest BCUT2D eigenvalue weighted by Gasteiger charge is 2.02. The third-order valence-corrected chi connectivity index (χ3v) is 1.73. The molecule has 0 bridgehead atoms. The number of rotatable bonds is 9. The lowest BCUT2D eigenvalue weighted by molar-refractivity contribution is -0.147. The summed E-state index contributed by atoms with van der Waals surface area (Å²) in [6.07, 6.45) is -0.132. The highest BCUT2D eigenvalue weighted by atomic mass is 16.6. The van der Waals surface area contributed by atoms with Gasteiger partial charge in [0.05, 0.1) is 26.4 Å². The summed E-state index contributed by atoms with van der Waals surface area (Å²) >= 11 is 0. The van der Waals surface area contributed by atoms with E-state index in [4.69, 9.17) is 18.9 Å².